The summed E-state index contributed by atoms with van der Waals surface area (Å²) in [6.45, 7) is 0. The third-order valence-electron chi connectivity index (χ3n) is 5.77. The Hall–Kier alpha value is -3.54. The predicted molar refractivity (Wildman–Crippen MR) is 108 cm³/mol. The second-order valence-electron chi connectivity index (χ2n) is 7.28. The number of piperazine rings is 1. The van der Waals surface area contributed by atoms with Crippen LogP contribution in [0.2, 0.25) is 0 Å². The number of benzene rings is 2. The van der Waals surface area contributed by atoms with E-state index in [1.54, 1.807) is 23.9 Å². The maximum atomic E-state index is 13.4. The number of carbonyl (C=O) groups is 2. The molecule has 5 rings (SSSR count). The van der Waals surface area contributed by atoms with Gasteiger partial charge in [0, 0.05) is 59.4 Å². The molecule has 1 saturated heterocycles. The summed E-state index contributed by atoms with van der Waals surface area (Å²) in [4.78, 5) is 36.3. The van der Waals surface area contributed by atoms with Gasteiger partial charge in [-0.05, 0) is 12.1 Å². The Morgan fingerprint density at radius 2 is 1.07 bits per heavy atom. The van der Waals surface area contributed by atoms with Crippen LogP contribution in [0, 0.1) is 0 Å². The molecule has 2 N–H and O–H groups in total. The predicted octanol–water partition coefficient (Wildman–Crippen LogP) is 3.36. The van der Waals surface area contributed by atoms with Gasteiger partial charge in [0.15, 0.2) is 0 Å². The molecule has 1 fully saturated rings. The highest BCUT2D eigenvalue weighted by atomic mass is 16.2. The summed E-state index contributed by atoms with van der Waals surface area (Å²) in [5.74, 6) is -0.190. The van der Waals surface area contributed by atoms with Crippen molar-refractivity contribution in [2.24, 2.45) is 0 Å². The molecule has 1 aliphatic heterocycles. The molecule has 140 valence electrons. The number of aromatic amines is 2. The zero-order chi connectivity index (χ0) is 19.4. The molecule has 0 radical (unpaired) electrons. The van der Waals surface area contributed by atoms with Gasteiger partial charge in [-0.1, -0.05) is 36.4 Å². The molecule has 2 aromatic carbocycles. The average molecular weight is 372 g/mol. The number of nitrogens with zero attached hydrogens (tertiary/aromatic N) is 2. The number of amides is 2. The number of hydrogen-bond donors (Lipinski definition) is 2. The average Bonchev–Trinajstić information content (AvgIpc) is 3.32. The largest absolute Gasteiger partial charge is 0.361 e. The first-order chi connectivity index (χ1) is 13.6. The summed E-state index contributed by atoms with van der Waals surface area (Å²) >= 11 is 0. The molecule has 0 bridgehead atoms. The van der Waals surface area contributed by atoms with Gasteiger partial charge in [-0.25, -0.2) is 0 Å². The fraction of sp³-hybridized carbons (Fsp3) is 0.182. The summed E-state index contributed by atoms with van der Waals surface area (Å²) in [5, 5.41) is 1.92. The maximum absolute atomic E-state index is 13.4. The summed E-state index contributed by atoms with van der Waals surface area (Å²) in [6, 6.07) is 14.3. The lowest BCUT2D eigenvalue weighted by Gasteiger charge is -2.41. The van der Waals surface area contributed by atoms with E-state index >= 15 is 0 Å². The van der Waals surface area contributed by atoms with E-state index < -0.39 is 12.1 Å². The van der Waals surface area contributed by atoms with Gasteiger partial charge in [-0.15, -0.1) is 0 Å². The number of carbonyl (C=O) groups excluding carboxylic acids is 2. The minimum Gasteiger partial charge on any atom is -0.361 e. The van der Waals surface area contributed by atoms with Crippen LogP contribution in [0.5, 0.6) is 0 Å². The van der Waals surface area contributed by atoms with Crippen molar-refractivity contribution >= 4 is 33.6 Å². The fourth-order valence-corrected chi connectivity index (χ4v) is 4.30. The van der Waals surface area contributed by atoms with Crippen LogP contribution in [0.25, 0.3) is 21.8 Å². The summed E-state index contributed by atoms with van der Waals surface area (Å²) in [5.41, 5.74) is 3.54. The Labute approximate surface area is 161 Å². The van der Waals surface area contributed by atoms with E-state index in [4.69, 9.17) is 0 Å². The quantitative estimate of drug-likeness (QED) is 0.566. The number of likely N-dealkylation sites (N-methyl/N-ethyl adjacent to an activating group) is 2. The summed E-state index contributed by atoms with van der Waals surface area (Å²) in [7, 11) is 3.42. The van der Waals surface area contributed by atoms with Crippen LogP contribution in [-0.2, 0) is 9.59 Å². The van der Waals surface area contributed by atoms with E-state index in [2.05, 4.69) is 9.97 Å². The first-order valence-electron chi connectivity index (χ1n) is 9.23. The minimum absolute atomic E-state index is 0.0952. The molecular weight excluding hydrogens is 352 g/mol. The lowest BCUT2D eigenvalue weighted by Crippen LogP contribution is -2.54. The summed E-state index contributed by atoms with van der Waals surface area (Å²) < 4.78 is 0. The first-order valence-corrected chi connectivity index (χ1v) is 9.23. The number of aromatic nitrogens is 2. The highest BCUT2D eigenvalue weighted by Gasteiger charge is 2.45. The summed E-state index contributed by atoms with van der Waals surface area (Å²) in [6.07, 6.45) is 3.66. The van der Waals surface area contributed by atoms with Crippen molar-refractivity contribution in [1.82, 2.24) is 19.8 Å². The zero-order valence-electron chi connectivity index (χ0n) is 15.6. The van der Waals surface area contributed by atoms with Crippen molar-refractivity contribution in [3.8, 4) is 0 Å². The van der Waals surface area contributed by atoms with Crippen LogP contribution < -0.4 is 0 Å². The van der Waals surface area contributed by atoms with Crippen LogP contribution in [-0.4, -0.2) is 45.7 Å². The third-order valence-corrected chi connectivity index (χ3v) is 5.77. The van der Waals surface area contributed by atoms with Gasteiger partial charge in [0.2, 0.25) is 0 Å². The van der Waals surface area contributed by atoms with Crippen molar-refractivity contribution in [3.05, 3.63) is 72.1 Å². The number of hydrogen-bond acceptors (Lipinski definition) is 2. The Bertz CT molecular complexity index is 1130. The van der Waals surface area contributed by atoms with Crippen LogP contribution >= 0.6 is 0 Å². The number of H-pyrrole nitrogens is 2. The molecule has 28 heavy (non-hydrogen) atoms. The SMILES string of the molecule is CN1C(=O)[C@@H](c2c[nH]c3ccccc23)N(C)C(=O)[C@H]1c1c[nH]c2ccccc12. The van der Waals surface area contributed by atoms with E-state index in [0.29, 0.717) is 0 Å². The lowest BCUT2D eigenvalue weighted by atomic mass is 9.94. The van der Waals surface area contributed by atoms with Crippen LogP contribution in [0.1, 0.15) is 23.2 Å². The molecule has 2 atom stereocenters. The normalized spacial score (nSPS) is 20.5. The number of rotatable bonds is 2. The minimum atomic E-state index is -0.643. The molecule has 6 heteroatoms. The van der Waals surface area contributed by atoms with E-state index in [1.165, 1.54) is 0 Å². The molecule has 0 saturated carbocycles. The van der Waals surface area contributed by atoms with Gasteiger partial charge in [0.25, 0.3) is 11.8 Å². The van der Waals surface area contributed by atoms with E-state index in [-0.39, 0.29) is 11.8 Å². The number of fused-ring (bicyclic) bond motifs is 2. The van der Waals surface area contributed by atoms with Gasteiger partial charge >= 0.3 is 0 Å². The van der Waals surface area contributed by atoms with Crippen LogP contribution in [0.3, 0.4) is 0 Å². The zero-order valence-corrected chi connectivity index (χ0v) is 15.6. The smallest absolute Gasteiger partial charge is 0.250 e. The van der Waals surface area contributed by atoms with Gasteiger partial charge in [0.05, 0.1) is 0 Å². The van der Waals surface area contributed by atoms with Crippen LogP contribution in [0.15, 0.2) is 60.9 Å². The van der Waals surface area contributed by atoms with E-state index in [0.717, 1.165) is 32.9 Å². The molecular formula is C22H20N4O2. The molecule has 0 aliphatic carbocycles. The maximum Gasteiger partial charge on any atom is 0.250 e. The third kappa shape index (κ3) is 2.21. The molecule has 1 aliphatic rings. The molecule has 4 aromatic rings. The second kappa shape index (κ2) is 5.99. The van der Waals surface area contributed by atoms with Gasteiger partial charge < -0.3 is 19.8 Å². The van der Waals surface area contributed by atoms with E-state index in [1.807, 2.05) is 60.9 Å². The standard InChI is InChI=1S/C22H20N4O2/c1-25-19(15-11-23-17-9-5-3-7-13(15)17)22(28)26(2)20(21(25)27)16-12-24-18-10-6-4-8-14(16)18/h3-12,19-20,23-24H,1-2H3/t19-,20-/m1/s1. The first kappa shape index (κ1) is 16.6. The molecule has 6 nitrogen and oxygen atoms in total. The molecule has 2 aromatic heterocycles. The fourth-order valence-electron chi connectivity index (χ4n) is 4.30. The van der Waals surface area contributed by atoms with Crippen molar-refractivity contribution < 1.29 is 9.59 Å². The topological polar surface area (TPSA) is 72.2 Å². The van der Waals surface area contributed by atoms with Crippen LogP contribution in [0.4, 0.5) is 0 Å². The Balaban J connectivity index is 1.60. The Morgan fingerprint density at radius 3 is 1.50 bits per heavy atom. The molecule has 0 spiro atoms. The van der Waals surface area contributed by atoms with Crippen molar-refractivity contribution in [2.45, 2.75) is 12.1 Å². The Kier molecular flexibility index (Phi) is 3.55. The molecule has 3 heterocycles. The highest BCUT2D eigenvalue weighted by molar-refractivity contribution is 6.02. The highest BCUT2D eigenvalue weighted by Crippen LogP contribution is 2.39. The van der Waals surface area contributed by atoms with Gasteiger partial charge in [0.1, 0.15) is 12.1 Å². The Morgan fingerprint density at radius 1 is 0.679 bits per heavy atom. The number of para-hydroxylation sites is 2. The van der Waals surface area contributed by atoms with Gasteiger partial charge in [-0.2, -0.15) is 0 Å². The van der Waals surface area contributed by atoms with Crippen molar-refractivity contribution in [3.63, 3.8) is 0 Å². The lowest BCUT2D eigenvalue weighted by molar-refractivity contribution is -0.159. The van der Waals surface area contributed by atoms with E-state index in [9.17, 15) is 9.59 Å². The number of nitrogens with one attached hydrogen (secondary N) is 2. The van der Waals surface area contributed by atoms with Gasteiger partial charge in [-0.3, -0.25) is 9.59 Å². The molecule has 0 unspecified atom stereocenters. The van der Waals surface area contributed by atoms with Crippen molar-refractivity contribution in [2.75, 3.05) is 14.1 Å². The second-order valence-corrected chi connectivity index (χ2v) is 7.28. The molecule has 2 amide bonds. The monoisotopic (exact) mass is 372 g/mol. The van der Waals surface area contributed by atoms with Crippen molar-refractivity contribution in [1.29, 1.82) is 0 Å².